The molecule has 4 heteroatoms. The molecule has 0 spiro atoms. The first kappa shape index (κ1) is 15.0. The monoisotopic (exact) mass is 267 g/mol. The number of hydrogen-bond donors (Lipinski definition) is 0. The Balaban J connectivity index is 0.00000196. The van der Waals surface area contributed by atoms with Gasteiger partial charge < -0.3 is 0 Å². The highest BCUT2D eigenvalue weighted by Crippen LogP contribution is 2.10. The van der Waals surface area contributed by atoms with Gasteiger partial charge in [-0.1, -0.05) is 30.3 Å². The molecular formula is C11H16Cl3N. The molecule has 1 unspecified atom stereocenters. The van der Waals surface area contributed by atoms with Gasteiger partial charge in [-0.2, -0.15) is 0 Å². The van der Waals surface area contributed by atoms with E-state index in [2.05, 4.69) is 17.0 Å². The first-order valence-electron chi connectivity index (χ1n) is 4.72. The van der Waals surface area contributed by atoms with Gasteiger partial charge in [0.05, 0.1) is 5.50 Å². The lowest BCUT2D eigenvalue weighted by atomic mass is 10.2. The van der Waals surface area contributed by atoms with E-state index in [0.717, 1.165) is 13.1 Å². The van der Waals surface area contributed by atoms with Gasteiger partial charge in [0.15, 0.2) is 0 Å². The lowest BCUT2D eigenvalue weighted by Crippen LogP contribution is -2.30. The second kappa shape index (κ2) is 8.23. The van der Waals surface area contributed by atoms with Crippen molar-refractivity contribution in [3.05, 3.63) is 35.9 Å². The summed E-state index contributed by atoms with van der Waals surface area (Å²) in [7, 11) is 0. The fourth-order valence-electron chi connectivity index (χ4n) is 1.31. The lowest BCUT2D eigenvalue weighted by Gasteiger charge is -2.23. The van der Waals surface area contributed by atoms with Crippen LogP contribution in [0.3, 0.4) is 0 Å². The van der Waals surface area contributed by atoms with Crippen LogP contribution in [-0.4, -0.2) is 22.8 Å². The molecule has 1 aromatic rings. The molecule has 0 heterocycles. The number of alkyl halides is 2. The number of nitrogens with zero attached hydrogens (tertiary/aromatic N) is 1. The molecule has 0 fully saturated rings. The molecule has 0 aliphatic heterocycles. The van der Waals surface area contributed by atoms with Gasteiger partial charge in [0.1, 0.15) is 0 Å². The van der Waals surface area contributed by atoms with Crippen molar-refractivity contribution in [1.29, 1.82) is 0 Å². The van der Waals surface area contributed by atoms with Crippen LogP contribution in [0.4, 0.5) is 0 Å². The summed E-state index contributed by atoms with van der Waals surface area (Å²) >= 11 is 11.7. The Morgan fingerprint density at radius 3 is 2.33 bits per heavy atom. The molecule has 0 aliphatic rings. The predicted octanol–water partition coefficient (Wildman–Crippen LogP) is 3.73. The van der Waals surface area contributed by atoms with E-state index >= 15 is 0 Å². The van der Waals surface area contributed by atoms with Crippen LogP contribution in [0.2, 0.25) is 0 Å². The second-order valence-corrected chi connectivity index (χ2v) is 4.23. The molecule has 1 atom stereocenters. The van der Waals surface area contributed by atoms with E-state index in [0.29, 0.717) is 5.88 Å². The third-order valence-electron chi connectivity index (χ3n) is 2.10. The molecule has 0 radical (unpaired) electrons. The molecule has 0 bridgehead atoms. The van der Waals surface area contributed by atoms with Crippen molar-refractivity contribution in [3.63, 3.8) is 0 Å². The second-order valence-electron chi connectivity index (χ2n) is 3.22. The molecule has 86 valence electrons. The molecule has 0 amide bonds. The molecule has 0 N–H and O–H groups in total. The Morgan fingerprint density at radius 1 is 1.27 bits per heavy atom. The number of rotatable bonds is 5. The van der Waals surface area contributed by atoms with Crippen LogP contribution in [0.15, 0.2) is 30.3 Å². The van der Waals surface area contributed by atoms with Crippen molar-refractivity contribution in [3.8, 4) is 0 Å². The van der Waals surface area contributed by atoms with Crippen molar-refractivity contribution in [2.24, 2.45) is 0 Å². The first-order valence-corrected chi connectivity index (χ1v) is 5.69. The van der Waals surface area contributed by atoms with Crippen molar-refractivity contribution in [2.75, 3.05) is 12.4 Å². The number of halogens is 3. The zero-order valence-corrected chi connectivity index (χ0v) is 11.0. The highest BCUT2D eigenvalue weighted by atomic mass is 35.5. The van der Waals surface area contributed by atoms with Crippen LogP contribution in [0, 0.1) is 0 Å². The van der Waals surface area contributed by atoms with E-state index < -0.39 is 0 Å². The Hall–Kier alpha value is 0.0500. The number of benzene rings is 1. The van der Waals surface area contributed by atoms with Crippen LogP contribution in [0.1, 0.15) is 12.5 Å². The summed E-state index contributed by atoms with van der Waals surface area (Å²) in [4.78, 5) is 2.14. The van der Waals surface area contributed by atoms with Gasteiger partial charge >= 0.3 is 0 Å². The predicted molar refractivity (Wildman–Crippen MR) is 70.1 cm³/mol. The van der Waals surface area contributed by atoms with Crippen molar-refractivity contribution < 1.29 is 0 Å². The highest BCUT2D eigenvalue weighted by molar-refractivity contribution is 6.20. The first-order chi connectivity index (χ1) is 6.74. The van der Waals surface area contributed by atoms with Crippen LogP contribution in [0.25, 0.3) is 0 Å². The zero-order chi connectivity index (χ0) is 10.4. The topological polar surface area (TPSA) is 3.24 Å². The molecule has 0 aliphatic carbocycles. The van der Waals surface area contributed by atoms with Crippen LogP contribution < -0.4 is 0 Å². The summed E-state index contributed by atoms with van der Waals surface area (Å²) in [5.41, 5.74) is 1.29. The fourth-order valence-corrected chi connectivity index (χ4v) is 1.69. The zero-order valence-electron chi connectivity index (χ0n) is 8.70. The molecule has 0 saturated heterocycles. The Labute approximate surface area is 108 Å². The summed E-state index contributed by atoms with van der Waals surface area (Å²) in [5, 5.41) is 0. The Bertz CT molecular complexity index is 251. The third kappa shape index (κ3) is 5.62. The fraction of sp³-hybridized carbons (Fsp3) is 0.455. The van der Waals surface area contributed by atoms with Gasteiger partial charge in [-0.25, -0.2) is 0 Å². The van der Waals surface area contributed by atoms with Gasteiger partial charge in [-0.15, -0.1) is 35.6 Å². The third-order valence-corrected chi connectivity index (χ3v) is 2.55. The smallest absolute Gasteiger partial charge is 0.0825 e. The van der Waals surface area contributed by atoms with E-state index in [-0.39, 0.29) is 17.9 Å². The van der Waals surface area contributed by atoms with Gasteiger partial charge in [0.25, 0.3) is 0 Å². The summed E-state index contributed by atoms with van der Waals surface area (Å²) in [5.74, 6) is 0.615. The highest BCUT2D eigenvalue weighted by Gasteiger charge is 2.10. The van der Waals surface area contributed by atoms with Crippen LogP contribution in [-0.2, 0) is 6.54 Å². The molecule has 1 aromatic carbocycles. The summed E-state index contributed by atoms with van der Waals surface area (Å²) in [6.45, 7) is 3.65. The van der Waals surface area contributed by atoms with Crippen LogP contribution in [0.5, 0.6) is 0 Å². The van der Waals surface area contributed by atoms with E-state index in [4.69, 9.17) is 23.2 Å². The quantitative estimate of drug-likeness (QED) is 0.581. The van der Waals surface area contributed by atoms with Gasteiger partial charge in [0.2, 0.25) is 0 Å². The van der Waals surface area contributed by atoms with E-state index in [1.54, 1.807) is 0 Å². The van der Waals surface area contributed by atoms with Crippen molar-refractivity contribution in [2.45, 2.75) is 19.0 Å². The maximum atomic E-state index is 6.04. The molecule has 1 nitrogen and oxygen atoms in total. The van der Waals surface area contributed by atoms with E-state index in [1.807, 2.05) is 25.1 Å². The summed E-state index contributed by atoms with van der Waals surface area (Å²) in [6, 6.07) is 10.3. The SMILES string of the molecule is CC(Cl)N(CCCl)Cc1ccccc1.Cl. The standard InChI is InChI=1S/C11H15Cl2N.ClH/c1-10(13)14(8-7-12)9-11-5-3-2-4-6-11;/h2-6,10H,7-9H2,1H3;1H. The molecule has 0 saturated carbocycles. The lowest BCUT2D eigenvalue weighted by molar-refractivity contribution is 0.270. The normalized spacial score (nSPS) is 12.3. The molecule has 1 rings (SSSR count). The van der Waals surface area contributed by atoms with Gasteiger partial charge in [-0.05, 0) is 12.5 Å². The molecule has 15 heavy (non-hydrogen) atoms. The summed E-state index contributed by atoms with van der Waals surface area (Å²) < 4.78 is 0. The molecular weight excluding hydrogens is 252 g/mol. The minimum absolute atomic E-state index is 0. The largest absolute Gasteiger partial charge is 0.282 e. The molecule has 0 aromatic heterocycles. The maximum absolute atomic E-state index is 6.04. The maximum Gasteiger partial charge on any atom is 0.0825 e. The summed E-state index contributed by atoms with van der Waals surface area (Å²) in [6.07, 6.45) is 0. The minimum Gasteiger partial charge on any atom is -0.282 e. The average Bonchev–Trinajstić information content (AvgIpc) is 2.18. The Kier molecular flexibility index (Phi) is 8.26. The Morgan fingerprint density at radius 2 is 1.87 bits per heavy atom. The van der Waals surface area contributed by atoms with Crippen molar-refractivity contribution in [1.82, 2.24) is 4.90 Å². The van der Waals surface area contributed by atoms with Gasteiger partial charge in [-0.3, -0.25) is 4.90 Å². The average molecular weight is 269 g/mol. The van der Waals surface area contributed by atoms with E-state index in [9.17, 15) is 0 Å². The van der Waals surface area contributed by atoms with Gasteiger partial charge in [0, 0.05) is 19.0 Å². The minimum atomic E-state index is 0. The van der Waals surface area contributed by atoms with Crippen LogP contribution >= 0.6 is 35.6 Å². The number of hydrogen-bond acceptors (Lipinski definition) is 1. The van der Waals surface area contributed by atoms with E-state index in [1.165, 1.54) is 5.56 Å². The van der Waals surface area contributed by atoms with Crippen molar-refractivity contribution >= 4 is 35.6 Å².